The molecule has 100 valence electrons. The van der Waals surface area contributed by atoms with Gasteiger partial charge in [-0.15, -0.1) is 0 Å². The number of likely N-dealkylation sites (N-methyl/N-ethyl adjacent to an activating group) is 1. The molecule has 0 bridgehead atoms. The SMILES string of the molecule is CCNCC(O)COc1ccc(Cl)cc1[N+](=O)[O-]. The van der Waals surface area contributed by atoms with Crippen LogP contribution in [0.2, 0.25) is 5.02 Å². The molecule has 1 aromatic rings. The van der Waals surface area contributed by atoms with Gasteiger partial charge in [0.25, 0.3) is 0 Å². The van der Waals surface area contributed by atoms with Crippen molar-refractivity contribution in [3.63, 3.8) is 0 Å². The molecule has 0 aromatic heterocycles. The minimum Gasteiger partial charge on any atom is -0.484 e. The average Bonchev–Trinajstić information content (AvgIpc) is 2.34. The molecule has 0 fully saturated rings. The van der Waals surface area contributed by atoms with Gasteiger partial charge in [-0.1, -0.05) is 18.5 Å². The van der Waals surface area contributed by atoms with E-state index in [1.807, 2.05) is 6.92 Å². The molecular weight excluding hydrogens is 260 g/mol. The summed E-state index contributed by atoms with van der Waals surface area (Å²) < 4.78 is 5.22. The van der Waals surface area contributed by atoms with Gasteiger partial charge in [0.05, 0.1) is 4.92 Å². The molecule has 0 amide bonds. The first-order chi connectivity index (χ1) is 8.54. The number of nitro groups is 1. The van der Waals surface area contributed by atoms with Crippen molar-refractivity contribution < 1.29 is 14.8 Å². The molecular formula is C11H15ClN2O4. The van der Waals surface area contributed by atoms with E-state index in [2.05, 4.69) is 5.32 Å². The molecule has 7 heteroatoms. The van der Waals surface area contributed by atoms with Crippen LogP contribution in [-0.4, -0.2) is 35.8 Å². The van der Waals surface area contributed by atoms with Crippen molar-refractivity contribution in [2.45, 2.75) is 13.0 Å². The summed E-state index contributed by atoms with van der Waals surface area (Å²) in [5.74, 6) is 0.0972. The van der Waals surface area contributed by atoms with E-state index < -0.39 is 11.0 Å². The van der Waals surface area contributed by atoms with Gasteiger partial charge in [0, 0.05) is 17.6 Å². The molecule has 0 heterocycles. The number of hydrogen-bond acceptors (Lipinski definition) is 5. The first kappa shape index (κ1) is 14.7. The van der Waals surface area contributed by atoms with Crippen LogP contribution >= 0.6 is 11.6 Å². The molecule has 1 aromatic carbocycles. The number of nitrogens with zero attached hydrogens (tertiary/aromatic N) is 1. The van der Waals surface area contributed by atoms with E-state index in [1.165, 1.54) is 18.2 Å². The van der Waals surface area contributed by atoms with Gasteiger partial charge in [-0.25, -0.2) is 0 Å². The van der Waals surface area contributed by atoms with E-state index >= 15 is 0 Å². The summed E-state index contributed by atoms with van der Waals surface area (Å²) in [6.45, 7) is 3.00. The third kappa shape index (κ3) is 4.48. The molecule has 0 aliphatic heterocycles. The van der Waals surface area contributed by atoms with E-state index in [-0.39, 0.29) is 23.1 Å². The van der Waals surface area contributed by atoms with E-state index in [1.54, 1.807) is 0 Å². The Morgan fingerprint density at radius 2 is 2.33 bits per heavy atom. The second-order valence-corrected chi connectivity index (χ2v) is 4.08. The van der Waals surface area contributed by atoms with Crippen LogP contribution in [0.4, 0.5) is 5.69 Å². The summed E-state index contributed by atoms with van der Waals surface area (Å²) in [6.07, 6.45) is -0.722. The van der Waals surface area contributed by atoms with E-state index in [0.29, 0.717) is 6.54 Å². The minimum absolute atomic E-state index is 0.0184. The van der Waals surface area contributed by atoms with Crippen molar-refractivity contribution in [2.24, 2.45) is 0 Å². The van der Waals surface area contributed by atoms with Crippen LogP contribution in [0.25, 0.3) is 0 Å². The Morgan fingerprint density at radius 3 is 2.94 bits per heavy atom. The lowest BCUT2D eigenvalue weighted by Gasteiger charge is -2.12. The molecule has 0 aliphatic carbocycles. The third-order valence-corrected chi connectivity index (χ3v) is 2.41. The van der Waals surface area contributed by atoms with Gasteiger partial charge in [-0.05, 0) is 18.7 Å². The zero-order valence-electron chi connectivity index (χ0n) is 9.93. The van der Waals surface area contributed by atoms with Crippen LogP contribution in [-0.2, 0) is 0 Å². The maximum absolute atomic E-state index is 10.8. The molecule has 1 unspecified atom stereocenters. The van der Waals surface area contributed by atoms with Crippen LogP contribution < -0.4 is 10.1 Å². The highest BCUT2D eigenvalue weighted by Crippen LogP contribution is 2.29. The lowest BCUT2D eigenvalue weighted by molar-refractivity contribution is -0.385. The Hall–Kier alpha value is -1.37. The molecule has 1 rings (SSSR count). The predicted molar refractivity (Wildman–Crippen MR) is 68.2 cm³/mol. The predicted octanol–water partition coefficient (Wildman–Crippen LogP) is 1.60. The lowest BCUT2D eigenvalue weighted by atomic mass is 10.3. The highest BCUT2D eigenvalue weighted by Gasteiger charge is 2.16. The molecule has 0 saturated carbocycles. The van der Waals surface area contributed by atoms with E-state index in [9.17, 15) is 15.2 Å². The lowest BCUT2D eigenvalue weighted by Crippen LogP contribution is -2.31. The molecule has 0 saturated heterocycles. The number of aliphatic hydroxyl groups is 1. The monoisotopic (exact) mass is 274 g/mol. The Bertz CT molecular complexity index is 414. The second-order valence-electron chi connectivity index (χ2n) is 3.64. The van der Waals surface area contributed by atoms with Crippen molar-refractivity contribution >= 4 is 17.3 Å². The topological polar surface area (TPSA) is 84.6 Å². The van der Waals surface area contributed by atoms with Gasteiger partial charge in [0.15, 0.2) is 5.75 Å². The minimum atomic E-state index is -0.722. The first-order valence-electron chi connectivity index (χ1n) is 5.50. The number of ether oxygens (including phenoxy) is 1. The van der Waals surface area contributed by atoms with Crippen LogP contribution in [0.1, 0.15) is 6.92 Å². The highest BCUT2D eigenvalue weighted by atomic mass is 35.5. The molecule has 0 aliphatic rings. The smallest absolute Gasteiger partial charge is 0.312 e. The fraction of sp³-hybridized carbons (Fsp3) is 0.455. The molecule has 1 atom stereocenters. The number of hydrogen-bond donors (Lipinski definition) is 2. The summed E-state index contributed by atoms with van der Waals surface area (Å²) >= 11 is 5.67. The van der Waals surface area contributed by atoms with Crippen molar-refractivity contribution in [3.8, 4) is 5.75 Å². The molecule has 6 nitrogen and oxygen atoms in total. The fourth-order valence-corrected chi connectivity index (χ4v) is 1.48. The zero-order valence-corrected chi connectivity index (χ0v) is 10.7. The number of aliphatic hydroxyl groups excluding tert-OH is 1. The van der Waals surface area contributed by atoms with Gasteiger partial charge in [-0.3, -0.25) is 10.1 Å². The summed E-state index contributed by atoms with van der Waals surface area (Å²) in [6, 6.07) is 4.13. The maximum Gasteiger partial charge on any atom is 0.312 e. The number of rotatable bonds is 7. The largest absolute Gasteiger partial charge is 0.484 e. The van der Waals surface area contributed by atoms with Gasteiger partial charge in [0.2, 0.25) is 0 Å². The Morgan fingerprint density at radius 1 is 1.61 bits per heavy atom. The van der Waals surface area contributed by atoms with Gasteiger partial charge in [-0.2, -0.15) is 0 Å². The molecule has 18 heavy (non-hydrogen) atoms. The summed E-state index contributed by atoms with van der Waals surface area (Å²) in [4.78, 5) is 10.2. The normalized spacial score (nSPS) is 12.2. The van der Waals surface area contributed by atoms with Crippen LogP contribution in [0, 0.1) is 10.1 Å². The number of benzene rings is 1. The third-order valence-electron chi connectivity index (χ3n) is 2.18. The Kier molecular flexibility index (Phi) is 5.84. The van der Waals surface area contributed by atoms with Crippen molar-refractivity contribution in [1.29, 1.82) is 0 Å². The van der Waals surface area contributed by atoms with E-state index in [0.717, 1.165) is 6.54 Å². The standard InChI is InChI=1S/C11H15ClN2O4/c1-2-13-6-9(15)7-18-11-4-3-8(12)5-10(11)14(16)17/h3-5,9,13,15H,2,6-7H2,1H3. The van der Waals surface area contributed by atoms with Crippen LogP contribution in [0.5, 0.6) is 5.75 Å². The first-order valence-corrected chi connectivity index (χ1v) is 5.88. The Labute approximate surface area is 110 Å². The van der Waals surface area contributed by atoms with Gasteiger partial charge >= 0.3 is 5.69 Å². The summed E-state index contributed by atoms with van der Waals surface area (Å²) in [7, 11) is 0. The van der Waals surface area contributed by atoms with Crippen molar-refractivity contribution in [1.82, 2.24) is 5.32 Å². The molecule has 0 radical (unpaired) electrons. The number of nitro benzene ring substituents is 1. The van der Waals surface area contributed by atoms with Gasteiger partial charge < -0.3 is 15.2 Å². The fourth-order valence-electron chi connectivity index (χ4n) is 1.31. The van der Waals surface area contributed by atoms with Gasteiger partial charge in [0.1, 0.15) is 12.7 Å². The quantitative estimate of drug-likeness (QED) is 0.583. The van der Waals surface area contributed by atoms with Crippen LogP contribution in [0.3, 0.4) is 0 Å². The molecule has 2 N–H and O–H groups in total. The van der Waals surface area contributed by atoms with Crippen LogP contribution in [0.15, 0.2) is 18.2 Å². The van der Waals surface area contributed by atoms with E-state index in [4.69, 9.17) is 16.3 Å². The molecule has 0 spiro atoms. The summed E-state index contributed by atoms with van der Waals surface area (Å²) in [5.41, 5.74) is -0.210. The maximum atomic E-state index is 10.8. The Balaban J connectivity index is 2.64. The van der Waals surface area contributed by atoms with Crippen molar-refractivity contribution in [3.05, 3.63) is 33.3 Å². The zero-order chi connectivity index (χ0) is 13.5. The average molecular weight is 275 g/mol. The van der Waals surface area contributed by atoms with Crippen molar-refractivity contribution in [2.75, 3.05) is 19.7 Å². The number of nitrogens with one attached hydrogen (secondary N) is 1. The highest BCUT2D eigenvalue weighted by molar-refractivity contribution is 6.30. The summed E-state index contributed by atoms with van der Waals surface area (Å²) in [5, 5.41) is 23.5. The number of halogens is 1. The second kappa shape index (κ2) is 7.15.